The number of aliphatic hydroxyl groups excluding tert-OH is 1. The first-order valence-electron chi connectivity index (χ1n) is 11.2. The van der Waals surface area contributed by atoms with E-state index in [9.17, 15) is 14.7 Å². The lowest BCUT2D eigenvalue weighted by molar-refractivity contribution is -0.140. The molecule has 6 heteroatoms. The molecule has 34 heavy (non-hydrogen) atoms. The Balaban J connectivity index is 1.86. The van der Waals surface area contributed by atoms with Crippen molar-refractivity contribution in [3.8, 4) is 5.75 Å². The molecule has 0 spiro atoms. The van der Waals surface area contributed by atoms with Gasteiger partial charge >= 0.3 is 0 Å². The van der Waals surface area contributed by atoms with Crippen LogP contribution in [0.4, 0.5) is 0 Å². The van der Waals surface area contributed by atoms with Crippen molar-refractivity contribution in [1.29, 1.82) is 0 Å². The third-order valence-corrected chi connectivity index (χ3v) is 6.20. The summed E-state index contributed by atoms with van der Waals surface area (Å²) in [7, 11) is 1.57. The maximum Gasteiger partial charge on any atom is 0.296 e. The van der Waals surface area contributed by atoms with E-state index in [1.165, 1.54) is 11.2 Å². The van der Waals surface area contributed by atoms with Crippen molar-refractivity contribution in [2.75, 3.05) is 7.11 Å². The van der Waals surface area contributed by atoms with Crippen LogP contribution in [0.25, 0.3) is 5.76 Å². The topological polar surface area (TPSA) is 80.0 Å². The molecule has 1 aliphatic heterocycles. The van der Waals surface area contributed by atoms with Crippen molar-refractivity contribution in [3.63, 3.8) is 0 Å². The summed E-state index contributed by atoms with van der Waals surface area (Å²) in [6.07, 6.45) is 1.49. The summed E-state index contributed by atoms with van der Waals surface area (Å²) in [6, 6.07) is 15.7. The number of nitrogens with zero attached hydrogens (tertiary/aromatic N) is 1. The number of hydrogen-bond acceptors (Lipinski definition) is 5. The van der Waals surface area contributed by atoms with Crippen molar-refractivity contribution in [2.45, 2.75) is 45.7 Å². The SMILES string of the molecule is COc1cccc(CN2C(=O)C(=O)/C(=C(/O)c3cc(C(C)(C)C)ccc3C)C2c2ccco2)c1. The van der Waals surface area contributed by atoms with E-state index in [0.717, 1.165) is 16.7 Å². The van der Waals surface area contributed by atoms with Gasteiger partial charge in [0.25, 0.3) is 11.7 Å². The van der Waals surface area contributed by atoms with Crippen LogP contribution in [0, 0.1) is 6.92 Å². The lowest BCUT2D eigenvalue weighted by atomic mass is 9.84. The van der Waals surface area contributed by atoms with Crippen molar-refractivity contribution in [1.82, 2.24) is 4.90 Å². The van der Waals surface area contributed by atoms with Gasteiger partial charge in [-0.3, -0.25) is 9.59 Å². The molecule has 1 N–H and O–H groups in total. The van der Waals surface area contributed by atoms with Crippen molar-refractivity contribution in [3.05, 3.63) is 94.4 Å². The van der Waals surface area contributed by atoms with Crippen LogP contribution < -0.4 is 4.74 Å². The minimum atomic E-state index is -0.848. The fourth-order valence-electron chi connectivity index (χ4n) is 4.24. The summed E-state index contributed by atoms with van der Waals surface area (Å²) < 4.78 is 10.9. The zero-order valence-corrected chi connectivity index (χ0v) is 20.1. The predicted octanol–water partition coefficient (Wildman–Crippen LogP) is 5.52. The monoisotopic (exact) mass is 459 g/mol. The molecule has 1 fully saturated rings. The number of Topliss-reactive ketones (excluding diaryl/α,β-unsaturated/α-hetero) is 1. The molecular weight excluding hydrogens is 430 g/mol. The van der Waals surface area contributed by atoms with Gasteiger partial charge in [0, 0.05) is 12.1 Å². The van der Waals surface area contributed by atoms with Gasteiger partial charge in [0.05, 0.1) is 18.9 Å². The molecular formula is C28H29NO5. The number of ether oxygens (including phenoxy) is 1. The van der Waals surface area contributed by atoms with Gasteiger partial charge in [-0.2, -0.15) is 0 Å². The largest absolute Gasteiger partial charge is 0.507 e. The highest BCUT2D eigenvalue weighted by Crippen LogP contribution is 2.41. The van der Waals surface area contributed by atoms with E-state index in [-0.39, 0.29) is 23.3 Å². The second-order valence-corrected chi connectivity index (χ2v) is 9.57. The Bertz CT molecular complexity index is 1260. The summed E-state index contributed by atoms with van der Waals surface area (Å²) in [6.45, 7) is 8.27. The Hall–Kier alpha value is -3.80. The maximum absolute atomic E-state index is 13.3. The molecule has 0 bridgehead atoms. The van der Waals surface area contributed by atoms with E-state index >= 15 is 0 Å². The number of benzene rings is 2. The van der Waals surface area contributed by atoms with Crippen LogP contribution in [-0.2, 0) is 21.5 Å². The van der Waals surface area contributed by atoms with Gasteiger partial charge in [-0.15, -0.1) is 0 Å². The molecule has 1 atom stereocenters. The first-order valence-corrected chi connectivity index (χ1v) is 11.2. The van der Waals surface area contributed by atoms with Crippen molar-refractivity contribution < 1.29 is 23.8 Å². The highest BCUT2D eigenvalue weighted by atomic mass is 16.5. The first-order chi connectivity index (χ1) is 16.1. The number of aliphatic hydroxyl groups is 1. The summed E-state index contributed by atoms with van der Waals surface area (Å²) in [5.74, 6) is -0.555. The number of furan rings is 1. The van der Waals surface area contributed by atoms with Crippen molar-refractivity contribution >= 4 is 17.4 Å². The van der Waals surface area contributed by atoms with Gasteiger partial charge in [0.15, 0.2) is 0 Å². The van der Waals surface area contributed by atoms with Crippen LogP contribution in [0.2, 0.25) is 0 Å². The quantitative estimate of drug-likeness (QED) is 0.309. The number of likely N-dealkylation sites (tertiary alicyclic amines) is 1. The Labute approximate surface area is 199 Å². The fraction of sp³-hybridized carbons (Fsp3) is 0.286. The van der Waals surface area contributed by atoms with Gasteiger partial charge in [0.2, 0.25) is 0 Å². The average Bonchev–Trinajstić information content (AvgIpc) is 3.41. The van der Waals surface area contributed by atoms with Gasteiger partial charge in [-0.05, 0) is 59.4 Å². The minimum Gasteiger partial charge on any atom is -0.507 e. The lowest BCUT2D eigenvalue weighted by Crippen LogP contribution is -2.29. The number of ketones is 1. The third-order valence-electron chi connectivity index (χ3n) is 6.20. The van der Waals surface area contributed by atoms with Crippen LogP contribution in [0.5, 0.6) is 5.75 Å². The number of amides is 1. The maximum atomic E-state index is 13.3. The number of hydrogen-bond donors (Lipinski definition) is 1. The summed E-state index contributed by atoms with van der Waals surface area (Å²) in [4.78, 5) is 27.9. The van der Waals surface area contributed by atoms with Crippen LogP contribution in [0.1, 0.15) is 54.8 Å². The predicted molar refractivity (Wildman–Crippen MR) is 129 cm³/mol. The summed E-state index contributed by atoms with van der Waals surface area (Å²) in [5, 5.41) is 11.4. The number of methoxy groups -OCH3 is 1. The summed E-state index contributed by atoms with van der Waals surface area (Å²) >= 11 is 0. The molecule has 1 aliphatic rings. The van der Waals surface area contributed by atoms with E-state index in [1.54, 1.807) is 19.2 Å². The Morgan fingerprint density at radius 2 is 1.85 bits per heavy atom. The molecule has 1 aromatic heterocycles. The molecule has 4 rings (SSSR count). The van der Waals surface area contributed by atoms with Gasteiger partial charge in [-0.25, -0.2) is 0 Å². The van der Waals surface area contributed by atoms with Gasteiger partial charge in [0.1, 0.15) is 23.3 Å². The molecule has 1 saturated heterocycles. The van der Waals surface area contributed by atoms with E-state index in [0.29, 0.717) is 17.1 Å². The third kappa shape index (κ3) is 4.23. The Morgan fingerprint density at radius 1 is 1.09 bits per heavy atom. The lowest BCUT2D eigenvalue weighted by Gasteiger charge is -2.24. The zero-order valence-electron chi connectivity index (χ0n) is 20.1. The minimum absolute atomic E-state index is 0.0250. The highest BCUT2D eigenvalue weighted by molar-refractivity contribution is 6.46. The van der Waals surface area contributed by atoms with Crippen LogP contribution in [0.3, 0.4) is 0 Å². The standard InChI is InChI=1S/C28H29NO5/c1-17-11-12-19(28(2,3)4)15-21(17)25(30)23-24(22-10-7-13-34-22)29(27(32)26(23)31)16-18-8-6-9-20(14-18)33-5/h6-15,24,30H,16H2,1-5H3/b25-23+. The van der Waals surface area contributed by atoms with E-state index < -0.39 is 17.7 Å². The number of carbonyl (C=O) groups excluding carboxylic acids is 2. The van der Waals surface area contributed by atoms with E-state index in [1.807, 2.05) is 49.4 Å². The normalized spacial score (nSPS) is 17.9. The summed E-state index contributed by atoms with van der Waals surface area (Å²) in [5.41, 5.74) is 3.02. The van der Waals surface area contributed by atoms with Crippen LogP contribution >= 0.6 is 0 Å². The van der Waals surface area contributed by atoms with Crippen LogP contribution in [-0.4, -0.2) is 28.8 Å². The number of rotatable bonds is 5. The smallest absolute Gasteiger partial charge is 0.296 e. The molecule has 0 aliphatic carbocycles. The Morgan fingerprint density at radius 3 is 2.50 bits per heavy atom. The zero-order chi connectivity index (χ0) is 24.6. The molecule has 6 nitrogen and oxygen atoms in total. The Kier molecular flexibility index (Phi) is 6.09. The first kappa shape index (κ1) is 23.4. The molecule has 2 heterocycles. The number of carbonyl (C=O) groups is 2. The van der Waals surface area contributed by atoms with Gasteiger partial charge in [-0.1, -0.05) is 45.0 Å². The van der Waals surface area contributed by atoms with E-state index in [4.69, 9.17) is 9.15 Å². The average molecular weight is 460 g/mol. The van der Waals surface area contributed by atoms with Gasteiger partial charge < -0.3 is 19.2 Å². The fourth-order valence-corrected chi connectivity index (χ4v) is 4.24. The molecule has 1 amide bonds. The molecule has 0 saturated carbocycles. The molecule has 176 valence electrons. The molecule has 3 aromatic rings. The molecule has 1 unspecified atom stereocenters. The highest BCUT2D eigenvalue weighted by Gasteiger charge is 2.47. The van der Waals surface area contributed by atoms with E-state index in [2.05, 4.69) is 20.8 Å². The second-order valence-electron chi connectivity index (χ2n) is 9.57. The van der Waals surface area contributed by atoms with Crippen LogP contribution in [0.15, 0.2) is 70.9 Å². The molecule has 0 radical (unpaired) electrons. The second kappa shape index (κ2) is 8.86. The van der Waals surface area contributed by atoms with Crippen molar-refractivity contribution in [2.24, 2.45) is 0 Å². The molecule has 2 aromatic carbocycles. The number of aryl methyl sites for hydroxylation is 1.